The average molecular weight is 563 g/mol. The fourth-order valence-corrected chi connectivity index (χ4v) is 2.58. The molecule has 0 bridgehead atoms. The van der Waals surface area contributed by atoms with E-state index in [4.69, 9.17) is 0 Å². The second kappa shape index (κ2) is 11.8. The Morgan fingerprint density at radius 2 is 1.50 bits per heavy atom. The van der Waals surface area contributed by atoms with E-state index in [1.807, 2.05) is 0 Å². The summed E-state index contributed by atoms with van der Waals surface area (Å²) < 4.78 is 53.5. The van der Waals surface area contributed by atoms with E-state index in [-0.39, 0.29) is 24.5 Å². The van der Waals surface area contributed by atoms with Crippen LogP contribution in [0.4, 0.5) is 34.6 Å². The number of anilines is 1. The molecule has 0 aliphatic carbocycles. The van der Waals surface area contributed by atoms with Gasteiger partial charge >= 0.3 is 11.9 Å². The molecule has 8 nitrogen and oxygen atoms in total. The Hall–Kier alpha value is -2.32. The molecule has 1 N–H and O–H groups in total. The molecular weight excluding hydrogens is 550 g/mol. The lowest BCUT2D eigenvalue weighted by Gasteiger charge is -2.09. The molecule has 2 rings (SSSR count). The van der Waals surface area contributed by atoms with Crippen LogP contribution in [0.2, 0.25) is 0 Å². The third-order valence-electron chi connectivity index (χ3n) is 3.09. The number of hydrogen-bond donors (Lipinski definition) is 1. The molecular formula is C16H13Br2F4N3O5. The molecule has 0 aliphatic heterocycles. The fourth-order valence-electron chi connectivity index (χ4n) is 1.88. The molecule has 0 saturated heterocycles. The van der Waals surface area contributed by atoms with Crippen LogP contribution in [0, 0.1) is 26.0 Å². The maximum Gasteiger partial charge on any atom is 0.411 e. The lowest BCUT2D eigenvalue weighted by molar-refractivity contribution is -0.387. The molecule has 0 amide bonds. The van der Waals surface area contributed by atoms with Gasteiger partial charge in [-0.15, -0.1) is 0 Å². The SMILES string of the molecule is O=[N+]([O-])c1ccc(Br)cc1F.O=[N+]([O-])c1ccc(Br)cc1NCCOCC(F)(F)F. The van der Waals surface area contributed by atoms with Gasteiger partial charge in [-0.3, -0.25) is 20.2 Å². The van der Waals surface area contributed by atoms with Gasteiger partial charge in [-0.1, -0.05) is 31.9 Å². The number of nitro benzene ring substituents is 2. The van der Waals surface area contributed by atoms with Gasteiger partial charge in [0.05, 0.1) is 16.5 Å². The van der Waals surface area contributed by atoms with Crippen LogP contribution in [0.1, 0.15) is 0 Å². The summed E-state index contributed by atoms with van der Waals surface area (Å²) >= 11 is 6.13. The Bertz CT molecular complexity index is 900. The third-order valence-corrected chi connectivity index (χ3v) is 4.08. The van der Waals surface area contributed by atoms with Crippen molar-refractivity contribution in [1.29, 1.82) is 0 Å². The largest absolute Gasteiger partial charge is 0.411 e. The van der Waals surface area contributed by atoms with Crippen LogP contribution in [0.15, 0.2) is 45.3 Å². The molecule has 14 heteroatoms. The Morgan fingerprint density at radius 1 is 0.967 bits per heavy atom. The molecule has 164 valence electrons. The molecule has 0 unspecified atom stereocenters. The number of nitro groups is 2. The summed E-state index contributed by atoms with van der Waals surface area (Å²) in [5.74, 6) is -0.829. The van der Waals surface area contributed by atoms with Crippen LogP contribution in [0.3, 0.4) is 0 Å². The van der Waals surface area contributed by atoms with Crippen LogP contribution in [-0.2, 0) is 4.74 Å². The average Bonchev–Trinajstić information content (AvgIpc) is 2.60. The lowest BCUT2D eigenvalue weighted by atomic mass is 10.2. The van der Waals surface area contributed by atoms with Gasteiger partial charge in [-0.05, 0) is 24.3 Å². The second-order valence-electron chi connectivity index (χ2n) is 5.37. The molecule has 0 heterocycles. The Balaban J connectivity index is 0.000000346. The van der Waals surface area contributed by atoms with Gasteiger partial charge in [0.1, 0.15) is 12.3 Å². The number of ether oxygens (including phenoxy) is 1. The summed E-state index contributed by atoms with van der Waals surface area (Å²) in [4.78, 5) is 19.5. The van der Waals surface area contributed by atoms with Crippen LogP contribution in [0.25, 0.3) is 0 Å². The minimum absolute atomic E-state index is 0.0351. The molecule has 0 aromatic heterocycles. The number of halogens is 6. The number of rotatable bonds is 7. The van der Waals surface area contributed by atoms with Crippen molar-refractivity contribution in [3.05, 3.63) is 71.4 Å². The quantitative estimate of drug-likeness (QED) is 0.196. The highest BCUT2D eigenvalue weighted by molar-refractivity contribution is 9.10. The maximum absolute atomic E-state index is 12.6. The molecule has 0 fully saturated rings. The molecule has 2 aromatic rings. The van der Waals surface area contributed by atoms with Gasteiger partial charge in [-0.2, -0.15) is 17.6 Å². The lowest BCUT2D eigenvalue weighted by Crippen LogP contribution is -2.20. The highest BCUT2D eigenvalue weighted by Gasteiger charge is 2.27. The number of nitrogens with zero attached hydrogens (tertiary/aromatic N) is 2. The van der Waals surface area contributed by atoms with Gasteiger partial charge in [0.2, 0.25) is 5.82 Å². The minimum Gasteiger partial charge on any atom is -0.377 e. The molecule has 2 aromatic carbocycles. The molecule has 0 atom stereocenters. The predicted molar refractivity (Wildman–Crippen MR) is 107 cm³/mol. The van der Waals surface area contributed by atoms with Crippen LogP contribution in [0.5, 0.6) is 0 Å². The van der Waals surface area contributed by atoms with Gasteiger partial charge < -0.3 is 10.1 Å². The molecule has 30 heavy (non-hydrogen) atoms. The van der Waals surface area contributed by atoms with E-state index in [1.54, 1.807) is 0 Å². The van der Waals surface area contributed by atoms with E-state index in [2.05, 4.69) is 41.9 Å². The van der Waals surface area contributed by atoms with Crippen molar-refractivity contribution in [2.45, 2.75) is 6.18 Å². The van der Waals surface area contributed by atoms with Gasteiger partial charge in [0.15, 0.2) is 0 Å². The Morgan fingerprint density at radius 3 is 2.00 bits per heavy atom. The number of benzene rings is 2. The standard InChI is InChI=1S/C10H10BrF3N2O3.C6H3BrFNO2/c11-7-1-2-9(16(17)18)8(5-7)15-3-4-19-6-10(12,13)14;7-4-1-2-6(9(10)11)5(8)3-4/h1-2,5,15H,3-4,6H2;1-3H. The van der Waals surface area contributed by atoms with Gasteiger partial charge in [0.25, 0.3) is 5.69 Å². The van der Waals surface area contributed by atoms with Crippen molar-refractivity contribution in [1.82, 2.24) is 0 Å². The molecule has 0 spiro atoms. The molecule has 0 radical (unpaired) electrons. The van der Waals surface area contributed by atoms with Crippen LogP contribution in [-0.4, -0.2) is 35.8 Å². The van der Waals surface area contributed by atoms with Crippen LogP contribution >= 0.6 is 31.9 Å². The first kappa shape index (κ1) is 25.7. The normalized spacial score (nSPS) is 10.7. The first-order valence-corrected chi connectivity index (χ1v) is 9.41. The van der Waals surface area contributed by atoms with Crippen molar-refractivity contribution in [3.63, 3.8) is 0 Å². The third kappa shape index (κ3) is 9.45. The summed E-state index contributed by atoms with van der Waals surface area (Å²) in [6.07, 6.45) is -4.37. The van der Waals surface area contributed by atoms with Crippen LogP contribution < -0.4 is 5.32 Å². The smallest absolute Gasteiger partial charge is 0.377 e. The van der Waals surface area contributed by atoms with Crippen molar-refractivity contribution in [3.8, 4) is 0 Å². The van der Waals surface area contributed by atoms with E-state index in [0.717, 1.165) is 12.1 Å². The van der Waals surface area contributed by atoms with E-state index < -0.39 is 34.1 Å². The highest BCUT2D eigenvalue weighted by Crippen LogP contribution is 2.27. The van der Waals surface area contributed by atoms with Gasteiger partial charge in [-0.25, -0.2) is 0 Å². The summed E-state index contributed by atoms with van der Waals surface area (Å²) in [6.45, 7) is -1.51. The van der Waals surface area contributed by atoms with Crippen molar-refractivity contribution >= 4 is 48.9 Å². The van der Waals surface area contributed by atoms with Crippen molar-refractivity contribution in [2.24, 2.45) is 0 Å². The Labute approximate surface area is 183 Å². The zero-order chi connectivity index (χ0) is 22.9. The number of nitrogens with one attached hydrogen (secondary N) is 1. The van der Waals surface area contributed by atoms with Crippen molar-refractivity contribution < 1.29 is 32.1 Å². The summed E-state index contributed by atoms with van der Waals surface area (Å²) in [5, 5.41) is 23.5. The molecule has 0 saturated carbocycles. The first-order chi connectivity index (χ1) is 13.9. The fraction of sp³-hybridized carbons (Fsp3) is 0.250. The zero-order valence-corrected chi connectivity index (χ0v) is 18.0. The highest BCUT2D eigenvalue weighted by atomic mass is 79.9. The summed E-state index contributed by atoms with van der Waals surface area (Å²) in [5.41, 5.74) is -0.442. The molecule has 0 aliphatic rings. The maximum atomic E-state index is 12.6. The topological polar surface area (TPSA) is 108 Å². The second-order valence-corrected chi connectivity index (χ2v) is 7.20. The predicted octanol–water partition coefficient (Wildman–Crippen LogP) is 5.84. The monoisotopic (exact) mass is 561 g/mol. The van der Waals surface area contributed by atoms with E-state index in [0.29, 0.717) is 8.95 Å². The van der Waals surface area contributed by atoms with E-state index >= 15 is 0 Å². The van der Waals surface area contributed by atoms with Gasteiger partial charge in [0, 0.05) is 27.6 Å². The summed E-state index contributed by atoms with van der Waals surface area (Å²) in [6, 6.07) is 7.85. The first-order valence-electron chi connectivity index (χ1n) is 7.82. The number of hydrogen-bond acceptors (Lipinski definition) is 6. The number of alkyl halides is 3. The minimum atomic E-state index is -4.37. The summed E-state index contributed by atoms with van der Waals surface area (Å²) in [7, 11) is 0. The Kier molecular flexibility index (Phi) is 10.1. The van der Waals surface area contributed by atoms with Crippen molar-refractivity contribution in [2.75, 3.05) is 25.1 Å². The zero-order valence-electron chi connectivity index (χ0n) is 14.8. The van der Waals surface area contributed by atoms with E-state index in [9.17, 15) is 37.8 Å². The van der Waals surface area contributed by atoms with E-state index in [1.165, 1.54) is 24.3 Å².